The predicted molar refractivity (Wildman–Crippen MR) is 83.2 cm³/mol. The fourth-order valence-electron chi connectivity index (χ4n) is 3.34. The van der Waals surface area contributed by atoms with Crippen molar-refractivity contribution in [1.82, 2.24) is 9.38 Å². The standard InChI is InChI=1S/C16H24N4/c1-2-13-7-3-5-11-19(13)16-14(9-10-17)20-12-6-4-8-15(20)18-16/h4,6,8,12-13H,2-3,5,7,9-11,17H2,1H3. The van der Waals surface area contributed by atoms with Crippen molar-refractivity contribution in [3.05, 3.63) is 30.1 Å². The summed E-state index contributed by atoms with van der Waals surface area (Å²) < 4.78 is 2.20. The Hall–Kier alpha value is -1.55. The third kappa shape index (κ3) is 2.29. The van der Waals surface area contributed by atoms with Crippen LogP contribution in [0, 0.1) is 0 Å². The number of rotatable bonds is 4. The van der Waals surface area contributed by atoms with Gasteiger partial charge in [0.25, 0.3) is 0 Å². The Kier molecular flexibility index (Phi) is 3.92. The number of imidazole rings is 1. The Labute approximate surface area is 120 Å². The van der Waals surface area contributed by atoms with Gasteiger partial charge < -0.3 is 15.0 Å². The quantitative estimate of drug-likeness (QED) is 0.930. The zero-order chi connectivity index (χ0) is 13.9. The van der Waals surface area contributed by atoms with Crippen LogP contribution in [0.3, 0.4) is 0 Å². The van der Waals surface area contributed by atoms with Crippen LogP contribution in [0.25, 0.3) is 5.65 Å². The zero-order valence-electron chi connectivity index (χ0n) is 12.3. The van der Waals surface area contributed by atoms with E-state index in [4.69, 9.17) is 10.7 Å². The fraction of sp³-hybridized carbons (Fsp3) is 0.562. The minimum absolute atomic E-state index is 0.630. The molecule has 2 aromatic rings. The molecular formula is C16H24N4. The molecule has 0 aliphatic carbocycles. The molecular weight excluding hydrogens is 248 g/mol. The summed E-state index contributed by atoms with van der Waals surface area (Å²) in [5.74, 6) is 1.16. The van der Waals surface area contributed by atoms with Crippen LogP contribution in [-0.2, 0) is 6.42 Å². The normalized spacial score (nSPS) is 19.7. The molecule has 0 saturated carbocycles. The fourth-order valence-corrected chi connectivity index (χ4v) is 3.34. The van der Waals surface area contributed by atoms with Crippen LogP contribution in [0.1, 0.15) is 38.3 Å². The van der Waals surface area contributed by atoms with E-state index in [1.165, 1.54) is 31.4 Å². The lowest BCUT2D eigenvalue weighted by molar-refractivity contribution is 0.446. The highest BCUT2D eigenvalue weighted by Crippen LogP contribution is 2.29. The van der Waals surface area contributed by atoms with Crippen LogP contribution in [0.2, 0.25) is 0 Å². The van der Waals surface area contributed by atoms with Gasteiger partial charge in [-0.25, -0.2) is 4.98 Å². The van der Waals surface area contributed by atoms with Gasteiger partial charge in [-0.05, 0) is 44.4 Å². The number of piperidine rings is 1. The molecule has 0 spiro atoms. The van der Waals surface area contributed by atoms with Crippen LogP contribution in [0.5, 0.6) is 0 Å². The molecule has 20 heavy (non-hydrogen) atoms. The van der Waals surface area contributed by atoms with Crippen LogP contribution in [0.15, 0.2) is 24.4 Å². The van der Waals surface area contributed by atoms with E-state index < -0.39 is 0 Å². The molecule has 3 rings (SSSR count). The Morgan fingerprint density at radius 2 is 2.25 bits per heavy atom. The van der Waals surface area contributed by atoms with Gasteiger partial charge in [0.15, 0.2) is 5.82 Å². The molecule has 2 N–H and O–H groups in total. The van der Waals surface area contributed by atoms with Crippen LogP contribution >= 0.6 is 0 Å². The molecule has 4 nitrogen and oxygen atoms in total. The third-order valence-corrected chi connectivity index (χ3v) is 4.36. The van der Waals surface area contributed by atoms with Gasteiger partial charge in [0.05, 0.1) is 5.69 Å². The van der Waals surface area contributed by atoms with Crippen molar-refractivity contribution in [3.63, 3.8) is 0 Å². The number of aromatic nitrogens is 2. The lowest BCUT2D eigenvalue weighted by Gasteiger charge is -2.36. The van der Waals surface area contributed by atoms with Crippen molar-refractivity contribution < 1.29 is 0 Å². The Morgan fingerprint density at radius 1 is 1.35 bits per heavy atom. The van der Waals surface area contributed by atoms with Crippen LogP contribution in [0.4, 0.5) is 5.82 Å². The van der Waals surface area contributed by atoms with Gasteiger partial charge >= 0.3 is 0 Å². The second-order valence-electron chi connectivity index (χ2n) is 5.60. The molecule has 0 amide bonds. The first-order valence-electron chi connectivity index (χ1n) is 7.77. The summed E-state index contributed by atoms with van der Waals surface area (Å²) >= 11 is 0. The second kappa shape index (κ2) is 5.83. The highest BCUT2D eigenvalue weighted by molar-refractivity contribution is 5.56. The largest absolute Gasteiger partial charge is 0.352 e. The van der Waals surface area contributed by atoms with Crippen LogP contribution < -0.4 is 10.6 Å². The molecule has 1 aliphatic rings. The van der Waals surface area contributed by atoms with E-state index in [2.05, 4.69) is 34.6 Å². The van der Waals surface area contributed by atoms with Gasteiger partial charge in [-0.2, -0.15) is 0 Å². The first kappa shape index (κ1) is 13.4. The van der Waals surface area contributed by atoms with E-state index in [1.807, 2.05) is 6.07 Å². The molecule has 0 aromatic carbocycles. The molecule has 1 fully saturated rings. The molecule has 108 valence electrons. The minimum atomic E-state index is 0.630. The van der Waals surface area contributed by atoms with Crippen molar-refractivity contribution in [2.24, 2.45) is 5.73 Å². The molecule has 1 saturated heterocycles. The van der Waals surface area contributed by atoms with Crippen molar-refractivity contribution in [2.75, 3.05) is 18.0 Å². The number of fused-ring (bicyclic) bond motifs is 1. The SMILES string of the molecule is CCC1CCCCN1c1nc2ccccn2c1CCN. The maximum Gasteiger partial charge on any atom is 0.151 e. The smallest absolute Gasteiger partial charge is 0.151 e. The van der Waals surface area contributed by atoms with Crippen LogP contribution in [-0.4, -0.2) is 28.5 Å². The number of nitrogens with zero attached hydrogens (tertiary/aromatic N) is 3. The maximum absolute atomic E-state index is 5.82. The number of pyridine rings is 1. The highest BCUT2D eigenvalue weighted by Gasteiger charge is 2.25. The Bertz CT molecular complexity index is 575. The molecule has 1 aliphatic heterocycles. The first-order chi connectivity index (χ1) is 9.85. The Morgan fingerprint density at radius 3 is 3.05 bits per heavy atom. The summed E-state index contributed by atoms with van der Waals surface area (Å²) in [5.41, 5.74) is 8.12. The van der Waals surface area contributed by atoms with E-state index >= 15 is 0 Å². The number of hydrogen-bond donors (Lipinski definition) is 1. The summed E-state index contributed by atoms with van der Waals surface area (Å²) in [6.45, 7) is 4.07. The van der Waals surface area contributed by atoms with Gasteiger partial charge in [-0.3, -0.25) is 0 Å². The van der Waals surface area contributed by atoms with Gasteiger partial charge in [-0.15, -0.1) is 0 Å². The molecule has 1 unspecified atom stereocenters. The lowest BCUT2D eigenvalue weighted by Crippen LogP contribution is -2.40. The maximum atomic E-state index is 5.82. The summed E-state index contributed by atoms with van der Waals surface area (Å²) in [5, 5.41) is 0. The number of nitrogens with two attached hydrogens (primary N) is 1. The number of anilines is 1. The predicted octanol–water partition coefficient (Wildman–Crippen LogP) is 2.60. The van der Waals surface area contributed by atoms with E-state index in [0.717, 1.165) is 24.4 Å². The zero-order valence-corrected chi connectivity index (χ0v) is 12.3. The topological polar surface area (TPSA) is 46.6 Å². The van der Waals surface area contributed by atoms with Crippen molar-refractivity contribution in [2.45, 2.75) is 45.1 Å². The second-order valence-corrected chi connectivity index (χ2v) is 5.60. The molecule has 1 atom stereocenters. The van der Waals surface area contributed by atoms with E-state index in [9.17, 15) is 0 Å². The molecule has 3 heterocycles. The molecule has 0 radical (unpaired) electrons. The van der Waals surface area contributed by atoms with Gasteiger partial charge in [0.2, 0.25) is 0 Å². The van der Waals surface area contributed by atoms with Gasteiger partial charge in [0.1, 0.15) is 5.65 Å². The van der Waals surface area contributed by atoms with E-state index in [0.29, 0.717) is 12.6 Å². The summed E-state index contributed by atoms with van der Waals surface area (Å²) in [6, 6.07) is 6.82. The van der Waals surface area contributed by atoms with Gasteiger partial charge in [-0.1, -0.05) is 13.0 Å². The Balaban J connectivity index is 2.06. The van der Waals surface area contributed by atoms with E-state index in [-0.39, 0.29) is 0 Å². The third-order valence-electron chi connectivity index (χ3n) is 4.36. The number of hydrogen-bond acceptors (Lipinski definition) is 3. The monoisotopic (exact) mass is 272 g/mol. The van der Waals surface area contributed by atoms with E-state index in [1.54, 1.807) is 0 Å². The van der Waals surface area contributed by atoms with Crippen molar-refractivity contribution in [3.8, 4) is 0 Å². The average Bonchev–Trinajstić information content (AvgIpc) is 2.86. The summed E-state index contributed by atoms with van der Waals surface area (Å²) in [7, 11) is 0. The lowest BCUT2D eigenvalue weighted by atomic mass is 10.00. The van der Waals surface area contributed by atoms with Crippen molar-refractivity contribution in [1.29, 1.82) is 0 Å². The molecule has 4 heteroatoms. The first-order valence-corrected chi connectivity index (χ1v) is 7.77. The highest BCUT2D eigenvalue weighted by atomic mass is 15.3. The summed E-state index contributed by atoms with van der Waals surface area (Å²) in [4.78, 5) is 7.40. The average molecular weight is 272 g/mol. The summed E-state index contributed by atoms with van der Waals surface area (Å²) in [6.07, 6.45) is 8.07. The minimum Gasteiger partial charge on any atom is -0.352 e. The van der Waals surface area contributed by atoms with Gasteiger partial charge in [0, 0.05) is 25.2 Å². The molecule has 0 bridgehead atoms. The van der Waals surface area contributed by atoms with Crippen molar-refractivity contribution >= 4 is 11.5 Å². The molecule has 2 aromatic heterocycles.